The average Bonchev–Trinajstić information content (AvgIpc) is 2.49. The Morgan fingerprint density at radius 3 is 2.54 bits per heavy atom. The molecular weight excluding hydrogens is 164 g/mol. The van der Waals surface area contributed by atoms with Gasteiger partial charge in [0.25, 0.3) is 0 Å². The molecule has 0 bridgehead atoms. The van der Waals surface area contributed by atoms with Crippen LogP contribution in [0.4, 0.5) is 5.82 Å². The quantitative estimate of drug-likeness (QED) is 0.722. The second kappa shape index (κ2) is 3.40. The topological polar surface area (TPSA) is 52.0 Å². The van der Waals surface area contributed by atoms with E-state index in [1.165, 1.54) is 32.1 Å². The van der Waals surface area contributed by atoms with Crippen molar-refractivity contribution in [2.24, 2.45) is 0 Å². The van der Waals surface area contributed by atoms with Gasteiger partial charge in [-0.15, -0.1) is 0 Å². The zero-order valence-electron chi connectivity index (χ0n) is 8.05. The highest BCUT2D eigenvalue weighted by Gasteiger charge is 2.22. The molecular formula is C10H16N2O. The summed E-state index contributed by atoms with van der Waals surface area (Å²) >= 11 is 0. The van der Waals surface area contributed by atoms with Crippen LogP contribution in [-0.2, 0) is 0 Å². The van der Waals surface area contributed by atoms with Gasteiger partial charge in [-0.1, -0.05) is 24.4 Å². The number of aromatic nitrogens is 1. The maximum atomic E-state index is 5.64. The van der Waals surface area contributed by atoms with E-state index in [-0.39, 0.29) is 0 Å². The fraction of sp³-hybridized carbons (Fsp3) is 0.700. The van der Waals surface area contributed by atoms with Gasteiger partial charge in [0.1, 0.15) is 5.76 Å². The lowest BCUT2D eigenvalue weighted by Crippen LogP contribution is -2.04. The molecule has 0 unspecified atom stereocenters. The molecule has 1 saturated carbocycles. The van der Waals surface area contributed by atoms with Crippen LogP contribution in [0.25, 0.3) is 0 Å². The molecule has 1 aliphatic carbocycles. The third kappa shape index (κ3) is 1.55. The van der Waals surface area contributed by atoms with Crippen LogP contribution in [0.15, 0.2) is 4.52 Å². The first-order chi connectivity index (χ1) is 6.29. The van der Waals surface area contributed by atoms with Crippen LogP contribution in [0.2, 0.25) is 0 Å². The van der Waals surface area contributed by atoms with E-state index in [4.69, 9.17) is 10.3 Å². The van der Waals surface area contributed by atoms with Crippen LogP contribution in [0, 0.1) is 6.92 Å². The van der Waals surface area contributed by atoms with Gasteiger partial charge < -0.3 is 10.3 Å². The molecule has 0 spiro atoms. The Morgan fingerprint density at radius 1 is 1.31 bits per heavy atom. The Bertz CT molecular complexity index is 287. The van der Waals surface area contributed by atoms with Gasteiger partial charge in [-0.3, -0.25) is 0 Å². The van der Waals surface area contributed by atoms with Gasteiger partial charge in [-0.25, -0.2) is 0 Å². The van der Waals surface area contributed by atoms with Crippen molar-refractivity contribution in [2.75, 3.05) is 5.73 Å². The second-order valence-corrected chi connectivity index (χ2v) is 3.89. The molecule has 1 aromatic heterocycles. The molecule has 1 fully saturated rings. The highest BCUT2D eigenvalue weighted by Crippen LogP contribution is 2.35. The average molecular weight is 180 g/mol. The summed E-state index contributed by atoms with van der Waals surface area (Å²) in [5.74, 6) is 2.15. The summed E-state index contributed by atoms with van der Waals surface area (Å²) < 4.78 is 5.26. The van der Waals surface area contributed by atoms with Crippen molar-refractivity contribution < 1.29 is 4.52 Å². The van der Waals surface area contributed by atoms with Gasteiger partial charge >= 0.3 is 0 Å². The Hall–Kier alpha value is -0.990. The first-order valence-corrected chi connectivity index (χ1v) is 5.00. The smallest absolute Gasteiger partial charge is 0.170 e. The lowest BCUT2D eigenvalue weighted by atomic mass is 9.86. The van der Waals surface area contributed by atoms with Crippen LogP contribution in [0.1, 0.15) is 49.3 Å². The minimum Gasteiger partial charge on any atom is -0.381 e. The van der Waals surface area contributed by atoms with Crippen molar-refractivity contribution >= 4 is 5.82 Å². The van der Waals surface area contributed by atoms with E-state index in [0.29, 0.717) is 11.7 Å². The van der Waals surface area contributed by atoms with Crippen LogP contribution in [0.5, 0.6) is 0 Å². The van der Waals surface area contributed by atoms with Crippen LogP contribution in [-0.4, -0.2) is 5.16 Å². The number of anilines is 1. The third-order valence-electron chi connectivity index (χ3n) is 2.97. The predicted octanol–water partition coefficient (Wildman–Crippen LogP) is 2.61. The molecule has 1 aromatic rings. The van der Waals surface area contributed by atoms with E-state index in [9.17, 15) is 0 Å². The van der Waals surface area contributed by atoms with Gasteiger partial charge in [0.15, 0.2) is 5.82 Å². The van der Waals surface area contributed by atoms with E-state index in [1.807, 2.05) is 6.92 Å². The fourth-order valence-corrected chi connectivity index (χ4v) is 2.11. The molecule has 0 amide bonds. The Morgan fingerprint density at radius 2 is 2.00 bits per heavy atom. The maximum Gasteiger partial charge on any atom is 0.170 e. The highest BCUT2D eigenvalue weighted by atomic mass is 16.5. The van der Waals surface area contributed by atoms with Crippen LogP contribution in [0.3, 0.4) is 0 Å². The largest absolute Gasteiger partial charge is 0.381 e. The number of rotatable bonds is 1. The molecule has 2 rings (SSSR count). The number of nitrogen functional groups attached to an aromatic ring is 1. The van der Waals surface area contributed by atoms with E-state index < -0.39 is 0 Å². The first-order valence-electron chi connectivity index (χ1n) is 5.00. The van der Waals surface area contributed by atoms with Crippen LogP contribution < -0.4 is 5.73 Å². The minimum absolute atomic E-state index is 0.556. The molecule has 0 saturated heterocycles. The molecule has 72 valence electrons. The predicted molar refractivity (Wildman–Crippen MR) is 51.5 cm³/mol. The van der Waals surface area contributed by atoms with Crippen LogP contribution >= 0.6 is 0 Å². The molecule has 0 atom stereocenters. The Balaban J connectivity index is 2.18. The number of hydrogen-bond acceptors (Lipinski definition) is 3. The number of nitrogens with zero attached hydrogens (tertiary/aromatic N) is 1. The van der Waals surface area contributed by atoms with E-state index in [2.05, 4.69) is 5.16 Å². The van der Waals surface area contributed by atoms with Crippen molar-refractivity contribution in [3.05, 3.63) is 11.3 Å². The second-order valence-electron chi connectivity index (χ2n) is 3.89. The molecule has 13 heavy (non-hydrogen) atoms. The first kappa shape index (κ1) is 8.60. The zero-order chi connectivity index (χ0) is 9.26. The molecule has 3 heteroatoms. The summed E-state index contributed by atoms with van der Waals surface area (Å²) in [6, 6.07) is 0. The van der Waals surface area contributed by atoms with Crippen molar-refractivity contribution in [1.82, 2.24) is 5.16 Å². The summed E-state index contributed by atoms with van der Waals surface area (Å²) in [6.07, 6.45) is 6.44. The lowest BCUT2D eigenvalue weighted by Gasteiger charge is -2.19. The molecule has 1 aliphatic rings. The van der Waals surface area contributed by atoms with Crippen molar-refractivity contribution in [2.45, 2.75) is 44.9 Å². The highest BCUT2D eigenvalue weighted by molar-refractivity contribution is 5.40. The van der Waals surface area contributed by atoms with Crippen molar-refractivity contribution in [3.63, 3.8) is 0 Å². The zero-order valence-corrected chi connectivity index (χ0v) is 8.05. The van der Waals surface area contributed by atoms with Crippen molar-refractivity contribution in [3.8, 4) is 0 Å². The van der Waals surface area contributed by atoms with Gasteiger partial charge in [0.05, 0.1) is 0 Å². The SMILES string of the molecule is Cc1c(N)noc1C1CCCCC1. The lowest BCUT2D eigenvalue weighted by molar-refractivity contribution is 0.321. The van der Waals surface area contributed by atoms with Gasteiger partial charge in [0, 0.05) is 11.5 Å². The summed E-state index contributed by atoms with van der Waals surface area (Å²) in [7, 11) is 0. The molecule has 1 heterocycles. The molecule has 0 radical (unpaired) electrons. The molecule has 2 N–H and O–H groups in total. The summed E-state index contributed by atoms with van der Waals surface area (Å²) in [4.78, 5) is 0. The van der Waals surface area contributed by atoms with Gasteiger partial charge in [0.2, 0.25) is 0 Å². The van der Waals surface area contributed by atoms with Gasteiger partial charge in [-0.05, 0) is 19.8 Å². The van der Waals surface area contributed by atoms with E-state index >= 15 is 0 Å². The molecule has 0 aromatic carbocycles. The standard InChI is InChI=1S/C10H16N2O/c1-7-9(13-12-10(7)11)8-5-3-2-4-6-8/h8H,2-6H2,1H3,(H2,11,12). The Labute approximate surface area is 78.3 Å². The van der Waals surface area contributed by atoms with E-state index in [1.54, 1.807) is 0 Å². The molecule has 0 aliphatic heterocycles. The normalized spacial score (nSPS) is 19.2. The number of hydrogen-bond donors (Lipinski definition) is 1. The van der Waals surface area contributed by atoms with Crippen molar-refractivity contribution in [1.29, 1.82) is 0 Å². The van der Waals surface area contributed by atoms with E-state index in [0.717, 1.165) is 11.3 Å². The number of nitrogens with two attached hydrogens (primary N) is 1. The molecule has 3 nitrogen and oxygen atoms in total. The summed E-state index contributed by atoms with van der Waals surface area (Å²) in [5, 5.41) is 3.79. The third-order valence-corrected chi connectivity index (χ3v) is 2.97. The van der Waals surface area contributed by atoms with Gasteiger partial charge in [-0.2, -0.15) is 0 Å². The maximum absolute atomic E-state index is 5.64. The minimum atomic E-state index is 0.556. The monoisotopic (exact) mass is 180 g/mol. The Kier molecular flexibility index (Phi) is 2.25. The summed E-state index contributed by atoms with van der Waals surface area (Å²) in [5.41, 5.74) is 6.69. The fourth-order valence-electron chi connectivity index (χ4n) is 2.11. The summed E-state index contributed by atoms with van der Waals surface area (Å²) in [6.45, 7) is 2.00.